The van der Waals surface area contributed by atoms with Crippen molar-refractivity contribution in [2.24, 2.45) is 0 Å². The van der Waals surface area contributed by atoms with Gasteiger partial charge >= 0.3 is 0 Å². The Hall–Kier alpha value is -4.06. The standard InChI is InChI=1S/C32H34N2O4/c1-20(2)26-19-22(11-16-27(26)38-4)30(35)28-29(25-10-6-5-9-21(25)3)34(32(37)31(28)36)24-14-12-23(13-15-24)33-17-7-8-18-33/h5-6,9-16,19-20,29,35H,7-8,17-18H2,1-4H3/b30-28+. The molecule has 2 fully saturated rings. The third-order valence-electron chi connectivity index (χ3n) is 7.65. The van der Waals surface area contributed by atoms with Gasteiger partial charge in [0.15, 0.2) is 0 Å². The van der Waals surface area contributed by atoms with Crippen molar-refractivity contribution < 1.29 is 19.4 Å². The van der Waals surface area contributed by atoms with Crippen LogP contribution in [0.5, 0.6) is 5.75 Å². The Morgan fingerprint density at radius 3 is 2.24 bits per heavy atom. The summed E-state index contributed by atoms with van der Waals surface area (Å²) in [5.74, 6) is -0.670. The summed E-state index contributed by atoms with van der Waals surface area (Å²) in [6.45, 7) is 8.08. The van der Waals surface area contributed by atoms with Gasteiger partial charge in [-0.15, -0.1) is 0 Å². The number of carbonyl (C=O) groups excluding carboxylic acids is 2. The summed E-state index contributed by atoms with van der Waals surface area (Å²) in [4.78, 5) is 31.0. The van der Waals surface area contributed by atoms with Crippen LogP contribution in [0.4, 0.5) is 11.4 Å². The fourth-order valence-electron chi connectivity index (χ4n) is 5.57. The zero-order valence-electron chi connectivity index (χ0n) is 22.4. The first-order valence-electron chi connectivity index (χ1n) is 13.2. The van der Waals surface area contributed by atoms with Crippen LogP contribution in [-0.4, -0.2) is 37.0 Å². The van der Waals surface area contributed by atoms with Crippen LogP contribution >= 0.6 is 0 Å². The van der Waals surface area contributed by atoms with Crippen LogP contribution in [0.25, 0.3) is 5.76 Å². The maximum absolute atomic E-state index is 13.6. The van der Waals surface area contributed by atoms with E-state index >= 15 is 0 Å². The summed E-state index contributed by atoms with van der Waals surface area (Å²) in [6.07, 6.45) is 2.35. The second-order valence-electron chi connectivity index (χ2n) is 10.3. The molecule has 0 radical (unpaired) electrons. The Balaban J connectivity index is 1.65. The quantitative estimate of drug-likeness (QED) is 0.238. The van der Waals surface area contributed by atoms with Crippen LogP contribution in [-0.2, 0) is 9.59 Å². The maximum atomic E-state index is 13.6. The zero-order valence-corrected chi connectivity index (χ0v) is 22.4. The predicted octanol–water partition coefficient (Wildman–Crippen LogP) is 6.35. The third kappa shape index (κ3) is 4.44. The fourth-order valence-corrected chi connectivity index (χ4v) is 5.57. The molecule has 1 unspecified atom stereocenters. The number of benzene rings is 3. The molecule has 0 aromatic heterocycles. The lowest BCUT2D eigenvalue weighted by molar-refractivity contribution is -0.132. The van der Waals surface area contributed by atoms with Crippen LogP contribution in [0.1, 0.15) is 60.9 Å². The van der Waals surface area contributed by atoms with Gasteiger partial charge in [0.2, 0.25) is 0 Å². The molecule has 2 saturated heterocycles. The Kier molecular flexibility index (Phi) is 6.98. The predicted molar refractivity (Wildman–Crippen MR) is 151 cm³/mol. The summed E-state index contributed by atoms with van der Waals surface area (Å²) in [5, 5.41) is 11.6. The van der Waals surface area contributed by atoms with E-state index in [0.717, 1.165) is 35.5 Å². The molecule has 6 heteroatoms. The van der Waals surface area contributed by atoms with Gasteiger partial charge in [-0.3, -0.25) is 14.5 Å². The summed E-state index contributed by atoms with van der Waals surface area (Å²) >= 11 is 0. The number of hydrogen-bond donors (Lipinski definition) is 1. The van der Waals surface area contributed by atoms with E-state index in [1.165, 1.54) is 17.7 Å². The Morgan fingerprint density at radius 2 is 1.61 bits per heavy atom. The molecule has 3 aromatic carbocycles. The average Bonchev–Trinajstić information content (AvgIpc) is 3.55. The number of amides is 1. The molecule has 38 heavy (non-hydrogen) atoms. The highest BCUT2D eigenvalue weighted by molar-refractivity contribution is 6.51. The molecule has 5 rings (SSSR count). The van der Waals surface area contributed by atoms with Crippen molar-refractivity contribution in [1.82, 2.24) is 0 Å². The van der Waals surface area contributed by atoms with Gasteiger partial charge in [0.1, 0.15) is 11.5 Å². The molecular weight excluding hydrogens is 476 g/mol. The van der Waals surface area contributed by atoms with E-state index in [4.69, 9.17) is 4.74 Å². The molecule has 2 aliphatic heterocycles. The first-order valence-corrected chi connectivity index (χ1v) is 13.2. The van der Waals surface area contributed by atoms with E-state index < -0.39 is 17.7 Å². The van der Waals surface area contributed by atoms with Crippen molar-refractivity contribution in [3.63, 3.8) is 0 Å². The van der Waals surface area contributed by atoms with Crippen LogP contribution in [0, 0.1) is 6.92 Å². The van der Waals surface area contributed by atoms with Gasteiger partial charge in [0.05, 0.1) is 18.7 Å². The molecule has 6 nitrogen and oxygen atoms in total. The summed E-state index contributed by atoms with van der Waals surface area (Å²) in [5.41, 5.74) is 4.95. The van der Waals surface area contributed by atoms with E-state index in [2.05, 4.69) is 4.90 Å². The van der Waals surface area contributed by atoms with Crippen LogP contribution in [0.3, 0.4) is 0 Å². The molecule has 2 heterocycles. The number of nitrogens with zero attached hydrogens (tertiary/aromatic N) is 2. The molecule has 196 valence electrons. The van der Waals surface area contributed by atoms with E-state index in [1.54, 1.807) is 19.2 Å². The number of ether oxygens (including phenoxy) is 1. The number of aryl methyl sites for hydroxylation is 1. The first kappa shape index (κ1) is 25.6. The van der Waals surface area contributed by atoms with Gasteiger partial charge in [-0.05, 0) is 84.8 Å². The molecule has 3 aromatic rings. The normalized spacial score (nSPS) is 19.0. The Labute approximate surface area is 224 Å². The first-order chi connectivity index (χ1) is 18.3. The van der Waals surface area contributed by atoms with Crippen molar-refractivity contribution in [2.75, 3.05) is 30.0 Å². The lowest BCUT2D eigenvalue weighted by atomic mass is 9.91. The minimum Gasteiger partial charge on any atom is -0.507 e. The number of methoxy groups -OCH3 is 1. The van der Waals surface area contributed by atoms with Gasteiger partial charge in [0, 0.05) is 30.0 Å². The van der Waals surface area contributed by atoms with Gasteiger partial charge in [-0.1, -0.05) is 38.1 Å². The molecular formula is C32H34N2O4. The smallest absolute Gasteiger partial charge is 0.300 e. The lowest BCUT2D eigenvalue weighted by Crippen LogP contribution is -2.29. The van der Waals surface area contributed by atoms with E-state index in [-0.39, 0.29) is 17.3 Å². The topological polar surface area (TPSA) is 70.1 Å². The van der Waals surface area contributed by atoms with Crippen molar-refractivity contribution in [3.05, 3.63) is 94.6 Å². The minimum atomic E-state index is -0.751. The van der Waals surface area contributed by atoms with Crippen LogP contribution in [0.2, 0.25) is 0 Å². The van der Waals surface area contributed by atoms with Crippen LogP contribution < -0.4 is 14.5 Å². The molecule has 2 aliphatic rings. The number of carbonyl (C=O) groups is 2. The molecule has 1 amide bonds. The van der Waals surface area contributed by atoms with Gasteiger partial charge in [-0.25, -0.2) is 0 Å². The largest absolute Gasteiger partial charge is 0.507 e. The average molecular weight is 511 g/mol. The number of rotatable bonds is 6. The highest BCUT2D eigenvalue weighted by atomic mass is 16.5. The Bertz CT molecular complexity index is 1400. The van der Waals surface area contributed by atoms with E-state index in [0.29, 0.717) is 17.0 Å². The number of aliphatic hydroxyl groups excluding tert-OH is 1. The monoisotopic (exact) mass is 510 g/mol. The molecule has 0 aliphatic carbocycles. The lowest BCUT2D eigenvalue weighted by Gasteiger charge is -2.27. The summed E-state index contributed by atoms with van der Waals surface area (Å²) in [6, 6.07) is 20.1. The second kappa shape index (κ2) is 10.4. The minimum absolute atomic E-state index is 0.0905. The SMILES string of the molecule is COc1ccc(/C(O)=C2\C(=O)C(=O)N(c3ccc(N4CCCC4)cc3)C2c2ccccc2C)cc1C(C)C. The number of aliphatic hydroxyl groups is 1. The summed E-state index contributed by atoms with van der Waals surface area (Å²) in [7, 11) is 1.61. The highest BCUT2D eigenvalue weighted by Crippen LogP contribution is 2.44. The second-order valence-corrected chi connectivity index (χ2v) is 10.3. The van der Waals surface area contributed by atoms with E-state index in [1.807, 2.05) is 75.4 Å². The van der Waals surface area contributed by atoms with Crippen molar-refractivity contribution in [3.8, 4) is 5.75 Å². The Morgan fingerprint density at radius 1 is 0.947 bits per heavy atom. The highest BCUT2D eigenvalue weighted by Gasteiger charge is 2.47. The fraction of sp³-hybridized carbons (Fsp3) is 0.312. The van der Waals surface area contributed by atoms with Crippen molar-refractivity contribution in [2.45, 2.75) is 45.6 Å². The number of ketones is 1. The number of hydrogen-bond acceptors (Lipinski definition) is 5. The molecule has 0 saturated carbocycles. The van der Waals surface area contributed by atoms with Crippen molar-refractivity contribution in [1.29, 1.82) is 0 Å². The third-order valence-corrected chi connectivity index (χ3v) is 7.65. The molecule has 0 spiro atoms. The van der Waals surface area contributed by atoms with Crippen LogP contribution in [0.15, 0.2) is 72.3 Å². The zero-order chi connectivity index (χ0) is 27.0. The number of anilines is 2. The van der Waals surface area contributed by atoms with Crippen molar-refractivity contribution >= 4 is 28.8 Å². The summed E-state index contributed by atoms with van der Waals surface area (Å²) < 4.78 is 5.50. The van der Waals surface area contributed by atoms with E-state index in [9.17, 15) is 14.7 Å². The van der Waals surface area contributed by atoms with Gasteiger partial charge < -0.3 is 14.7 Å². The number of Topliss-reactive ketones (excluding diaryl/α,β-unsaturated/α-hetero) is 1. The maximum Gasteiger partial charge on any atom is 0.300 e. The van der Waals surface area contributed by atoms with Gasteiger partial charge in [0.25, 0.3) is 11.7 Å². The van der Waals surface area contributed by atoms with Gasteiger partial charge in [-0.2, -0.15) is 0 Å². The molecule has 0 bridgehead atoms. The molecule has 1 N–H and O–H groups in total. The molecule has 1 atom stereocenters.